The number of carbonyl (C=O) groups is 1. The lowest BCUT2D eigenvalue weighted by Gasteiger charge is -2.17. The van der Waals surface area contributed by atoms with Crippen molar-refractivity contribution in [1.29, 1.82) is 0 Å². The monoisotopic (exact) mass is 200 g/mol. The van der Waals surface area contributed by atoms with Crippen molar-refractivity contribution >= 4 is 5.91 Å². The Morgan fingerprint density at radius 2 is 2.36 bits per heavy atom. The molecule has 1 aliphatic heterocycles. The van der Waals surface area contributed by atoms with E-state index in [2.05, 4.69) is 5.32 Å². The second-order valence-electron chi connectivity index (χ2n) is 4.03. The highest BCUT2D eigenvalue weighted by Gasteiger charge is 2.20. The fourth-order valence-corrected chi connectivity index (χ4v) is 1.42. The van der Waals surface area contributed by atoms with E-state index in [-0.39, 0.29) is 24.0 Å². The van der Waals surface area contributed by atoms with Gasteiger partial charge in [-0.3, -0.25) is 4.79 Å². The summed E-state index contributed by atoms with van der Waals surface area (Å²) in [6.45, 7) is 5.13. The number of carbonyl (C=O) groups excluding carboxylic acids is 1. The van der Waals surface area contributed by atoms with Crippen LogP contribution in [0.15, 0.2) is 0 Å². The molecule has 1 aliphatic rings. The minimum Gasteiger partial charge on any atom is -0.376 e. The normalized spacial score (nSPS) is 25.8. The highest BCUT2D eigenvalue weighted by atomic mass is 16.5. The number of ether oxygens (including phenoxy) is 1. The number of hydrogen-bond acceptors (Lipinski definition) is 3. The van der Waals surface area contributed by atoms with E-state index in [4.69, 9.17) is 10.5 Å². The van der Waals surface area contributed by atoms with Gasteiger partial charge in [-0.25, -0.2) is 0 Å². The summed E-state index contributed by atoms with van der Waals surface area (Å²) in [5.74, 6) is -0.105. The van der Waals surface area contributed by atoms with Crippen molar-refractivity contribution in [3.8, 4) is 0 Å². The Labute approximate surface area is 85.2 Å². The largest absolute Gasteiger partial charge is 0.376 e. The average molecular weight is 200 g/mol. The van der Waals surface area contributed by atoms with Crippen molar-refractivity contribution in [3.05, 3.63) is 0 Å². The van der Waals surface area contributed by atoms with Crippen LogP contribution in [0.4, 0.5) is 0 Å². The number of rotatable bonds is 4. The van der Waals surface area contributed by atoms with E-state index in [1.54, 1.807) is 0 Å². The lowest BCUT2D eigenvalue weighted by Crippen LogP contribution is -2.41. The van der Waals surface area contributed by atoms with Crippen LogP contribution >= 0.6 is 0 Å². The quantitative estimate of drug-likeness (QED) is 0.684. The molecule has 82 valence electrons. The molecule has 1 fully saturated rings. The predicted molar refractivity (Wildman–Crippen MR) is 54.8 cm³/mol. The third-order valence-corrected chi connectivity index (χ3v) is 2.73. The highest BCUT2D eigenvalue weighted by molar-refractivity contribution is 5.78. The van der Waals surface area contributed by atoms with Gasteiger partial charge in [-0.1, -0.05) is 6.92 Å². The first-order valence-corrected chi connectivity index (χ1v) is 5.26. The maximum absolute atomic E-state index is 11.5. The zero-order chi connectivity index (χ0) is 10.6. The van der Waals surface area contributed by atoms with Gasteiger partial charge in [0.1, 0.15) is 0 Å². The van der Waals surface area contributed by atoms with E-state index in [0.717, 1.165) is 19.4 Å². The molecule has 1 saturated heterocycles. The van der Waals surface area contributed by atoms with E-state index in [9.17, 15) is 4.79 Å². The highest BCUT2D eigenvalue weighted by Crippen LogP contribution is 2.10. The molecule has 14 heavy (non-hydrogen) atoms. The Kier molecular flexibility index (Phi) is 4.35. The van der Waals surface area contributed by atoms with Gasteiger partial charge >= 0.3 is 0 Å². The summed E-state index contributed by atoms with van der Waals surface area (Å²) in [6, 6.07) is -0.0977. The average Bonchev–Trinajstić information content (AvgIpc) is 2.65. The summed E-state index contributed by atoms with van der Waals surface area (Å²) in [4.78, 5) is 11.5. The smallest absolute Gasteiger partial charge is 0.224 e. The fourth-order valence-electron chi connectivity index (χ4n) is 1.42. The van der Waals surface area contributed by atoms with Crippen molar-refractivity contribution in [2.45, 2.75) is 38.8 Å². The van der Waals surface area contributed by atoms with Gasteiger partial charge in [0.25, 0.3) is 0 Å². The van der Waals surface area contributed by atoms with Gasteiger partial charge in [-0.2, -0.15) is 0 Å². The number of nitrogens with two attached hydrogens (primary N) is 1. The first-order valence-electron chi connectivity index (χ1n) is 5.26. The lowest BCUT2D eigenvalue weighted by atomic mass is 10.0. The molecule has 3 N–H and O–H groups in total. The zero-order valence-corrected chi connectivity index (χ0v) is 8.95. The molecule has 0 aromatic rings. The van der Waals surface area contributed by atoms with Crippen LogP contribution in [-0.2, 0) is 9.53 Å². The standard InChI is InChI=1S/C10H20N2O2/c1-7(8(2)11)10(13)12-6-9-4-3-5-14-9/h7-9H,3-6,11H2,1-2H3,(H,12,13). The Bertz CT molecular complexity index is 189. The molecule has 4 heteroatoms. The summed E-state index contributed by atoms with van der Waals surface area (Å²) >= 11 is 0. The molecule has 3 atom stereocenters. The van der Waals surface area contributed by atoms with E-state index < -0.39 is 0 Å². The Balaban J connectivity index is 2.19. The van der Waals surface area contributed by atoms with Gasteiger partial charge in [0, 0.05) is 25.1 Å². The van der Waals surface area contributed by atoms with E-state index in [1.807, 2.05) is 13.8 Å². The van der Waals surface area contributed by atoms with Crippen molar-refractivity contribution < 1.29 is 9.53 Å². The molecule has 0 radical (unpaired) electrons. The second-order valence-corrected chi connectivity index (χ2v) is 4.03. The van der Waals surface area contributed by atoms with Crippen LogP contribution in [0.1, 0.15) is 26.7 Å². The van der Waals surface area contributed by atoms with Crippen molar-refractivity contribution in [2.75, 3.05) is 13.2 Å². The Morgan fingerprint density at radius 1 is 1.64 bits per heavy atom. The predicted octanol–water partition coefficient (Wildman–Crippen LogP) is 0.265. The topological polar surface area (TPSA) is 64.4 Å². The van der Waals surface area contributed by atoms with Crippen LogP contribution in [0, 0.1) is 5.92 Å². The van der Waals surface area contributed by atoms with Crippen LogP contribution in [0.3, 0.4) is 0 Å². The minimum atomic E-state index is -0.128. The molecular weight excluding hydrogens is 180 g/mol. The summed E-state index contributed by atoms with van der Waals surface area (Å²) in [6.07, 6.45) is 2.36. The molecule has 0 aromatic carbocycles. The van der Waals surface area contributed by atoms with Crippen LogP contribution in [0.5, 0.6) is 0 Å². The van der Waals surface area contributed by atoms with Crippen molar-refractivity contribution in [2.24, 2.45) is 11.7 Å². The maximum Gasteiger partial charge on any atom is 0.224 e. The van der Waals surface area contributed by atoms with Gasteiger partial charge in [-0.05, 0) is 19.8 Å². The summed E-state index contributed by atoms with van der Waals surface area (Å²) in [5, 5.41) is 2.86. The molecule has 3 unspecified atom stereocenters. The number of nitrogens with one attached hydrogen (secondary N) is 1. The van der Waals surface area contributed by atoms with E-state index >= 15 is 0 Å². The molecule has 0 saturated carbocycles. The van der Waals surface area contributed by atoms with Crippen LogP contribution in [-0.4, -0.2) is 31.2 Å². The van der Waals surface area contributed by atoms with E-state index in [1.165, 1.54) is 0 Å². The molecule has 0 aliphatic carbocycles. The summed E-state index contributed by atoms with van der Waals surface area (Å²) < 4.78 is 5.40. The maximum atomic E-state index is 11.5. The fraction of sp³-hybridized carbons (Fsp3) is 0.900. The third kappa shape index (κ3) is 3.27. The molecule has 0 spiro atoms. The van der Waals surface area contributed by atoms with Gasteiger partial charge in [0.2, 0.25) is 5.91 Å². The minimum absolute atomic E-state index is 0.0236. The van der Waals surface area contributed by atoms with E-state index in [0.29, 0.717) is 6.54 Å². The van der Waals surface area contributed by atoms with Crippen molar-refractivity contribution in [1.82, 2.24) is 5.32 Å². The molecular formula is C10H20N2O2. The molecule has 1 rings (SSSR count). The first kappa shape index (κ1) is 11.5. The van der Waals surface area contributed by atoms with Crippen LogP contribution < -0.4 is 11.1 Å². The number of hydrogen-bond donors (Lipinski definition) is 2. The Morgan fingerprint density at radius 3 is 2.86 bits per heavy atom. The van der Waals surface area contributed by atoms with Gasteiger partial charge < -0.3 is 15.8 Å². The van der Waals surface area contributed by atoms with Gasteiger partial charge in [0.05, 0.1) is 6.10 Å². The molecule has 1 heterocycles. The van der Waals surface area contributed by atoms with Gasteiger partial charge in [-0.15, -0.1) is 0 Å². The zero-order valence-electron chi connectivity index (χ0n) is 8.95. The summed E-state index contributed by atoms with van der Waals surface area (Å²) in [5.41, 5.74) is 5.63. The molecule has 1 amide bonds. The van der Waals surface area contributed by atoms with Crippen molar-refractivity contribution in [3.63, 3.8) is 0 Å². The molecule has 4 nitrogen and oxygen atoms in total. The Hall–Kier alpha value is -0.610. The van der Waals surface area contributed by atoms with Crippen LogP contribution in [0.2, 0.25) is 0 Å². The second kappa shape index (κ2) is 5.32. The molecule has 0 bridgehead atoms. The summed E-state index contributed by atoms with van der Waals surface area (Å²) in [7, 11) is 0. The third-order valence-electron chi connectivity index (χ3n) is 2.73. The van der Waals surface area contributed by atoms with Gasteiger partial charge in [0.15, 0.2) is 0 Å². The van der Waals surface area contributed by atoms with Crippen LogP contribution in [0.25, 0.3) is 0 Å². The SMILES string of the molecule is CC(N)C(C)C(=O)NCC1CCCO1. The molecule has 0 aromatic heterocycles. The number of amides is 1. The first-order chi connectivity index (χ1) is 6.61. The lowest BCUT2D eigenvalue weighted by molar-refractivity contribution is -0.125.